The molecule has 0 saturated carbocycles. The molecule has 0 aliphatic rings. The Morgan fingerprint density at radius 3 is 1.69 bits per heavy atom. The van der Waals surface area contributed by atoms with Gasteiger partial charge in [-0.25, -0.2) is 0 Å². The maximum absolute atomic E-state index is 11.3. The van der Waals surface area contributed by atoms with Crippen LogP contribution >= 0.6 is 8.25 Å². The lowest BCUT2D eigenvalue weighted by molar-refractivity contribution is 0.202. The molecule has 0 aliphatic heterocycles. The summed E-state index contributed by atoms with van der Waals surface area (Å²) in [5.41, 5.74) is 11.4. The number of hydrogen-bond donors (Lipinski definition) is 2. The van der Waals surface area contributed by atoms with Crippen LogP contribution in [0.2, 0.25) is 0 Å². The van der Waals surface area contributed by atoms with Crippen LogP contribution in [0.4, 0.5) is 0 Å². The van der Waals surface area contributed by atoms with Gasteiger partial charge in [-0.1, -0.05) is 26.7 Å². The van der Waals surface area contributed by atoms with Gasteiger partial charge in [0.1, 0.15) is 0 Å². The molecule has 2 unspecified atom stereocenters. The highest BCUT2D eigenvalue weighted by Crippen LogP contribution is 2.24. The molecule has 6 heteroatoms. The van der Waals surface area contributed by atoms with E-state index in [9.17, 15) is 4.57 Å². The average molecular weight is 252 g/mol. The Morgan fingerprint density at radius 2 is 1.38 bits per heavy atom. The first-order valence-electron chi connectivity index (χ1n) is 5.90. The van der Waals surface area contributed by atoms with Crippen molar-refractivity contribution in [2.24, 2.45) is 11.5 Å². The maximum Gasteiger partial charge on any atom is 0.319 e. The number of rotatable bonds is 10. The van der Waals surface area contributed by atoms with Crippen molar-refractivity contribution < 1.29 is 13.6 Å². The zero-order valence-corrected chi connectivity index (χ0v) is 11.3. The van der Waals surface area contributed by atoms with Gasteiger partial charge in [-0.15, -0.1) is 0 Å². The lowest BCUT2D eigenvalue weighted by Gasteiger charge is -2.13. The van der Waals surface area contributed by atoms with E-state index < -0.39 is 8.25 Å². The predicted octanol–water partition coefficient (Wildman–Crippen LogP) is 1.66. The van der Waals surface area contributed by atoms with Gasteiger partial charge < -0.3 is 20.5 Å². The molecule has 0 spiro atoms. The number of nitrogens with two attached hydrogens (primary N) is 2. The van der Waals surface area contributed by atoms with Crippen LogP contribution in [0.3, 0.4) is 0 Å². The molecule has 4 N–H and O–H groups in total. The quantitative estimate of drug-likeness (QED) is 0.577. The summed E-state index contributed by atoms with van der Waals surface area (Å²) in [6.07, 6.45) is 3.72. The Labute approximate surface area is 98.8 Å². The molecule has 16 heavy (non-hydrogen) atoms. The Balaban J connectivity index is 3.51. The molecule has 0 aromatic carbocycles. The fraction of sp³-hybridized carbons (Fsp3) is 1.00. The van der Waals surface area contributed by atoms with Crippen LogP contribution in [0.15, 0.2) is 0 Å². The molecule has 0 aliphatic carbocycles. The Hall–Kier alpha value is 0.0700. The van der Waals surface area contributed by atoms with Crippen molar-refractivity contribution in [2.75, 3.05) is 13.2 Å². The van der Waals surface area contributed by atoms with Crippen LogP contribution in [-0.4, -0.2) is 25.3 Å². The van der Waals surface area contributed by atoms with Crippen LogP contribution in [0, 0.1) is 0 Å². The predicted molar refractivity (Wildman–Crippen MR) is 66.7 cm³/mol. The summed E-state index contributed by atoms with van der Waals surface area (Å²) in [5.74, 6) is 0. The molecule has 0 amide bonds. The van der Waals surface area contributed by atoms with Crippen LogP contribution in [-0.2, 0) is 13.6 Å². The monoisotopic (exact) mass is 252 g/mol. The Kier molecular flexibility index (Phi) is 10.3. The van der Waals surface area contributed by atoms with Gasteiger partial charge in [0, 0.05) is 12.1 Å². The van der Waals surface area contributed by atoms with Crippen LogP contribution in [0.1, 0.15) is 39.5 Å². The molecule has 0 fully saturated rings. The van der Waals surface area contributed by atoms with Gasteiger partial charge in [0.2, 0.25) is 0 Å². The summed E-state index contributed by atoms with van der Waals surface area (Å²) in [6, 6.07) is -0.126. The van der Waals surface area contributed by atoms with Gasteiger partial charge in [0.05, 0.1) is 13.2 Å². The zero-order valence-electron chi connectivity index (χ0n) is 10.3. The minimum Gasteiger partial charge on any atom is -0.326 e. The van der Waals surface area contributed by atoms with E-state index in [2.05, 4.69) is 0 Å². The van der Waals surface area contributed by atoms with Crippen molar-refractivity contribution in [3.63, 3.8) is 0 Å². The minimum atomic E-state index is -2.43. The molecule has 0 aromatic heterocycles. The summed E-state index contributed by atoms with van der Waals surface area (Å²) in [4.78, 5) is 0. The van der Waals surface area contributed by atoms with E-state index in [4.69, 9.17) is 20.5 Å². The second-order valence-electron chi connectivity index (χ2n) is 3.97. The van der Waals surface area contributed by atoms with Crippen molar-refractivity contribution in [3.8, 4) is 0 Å². The lowest BCUT2D eigenvalue weighted by Crippen LogP contribution is -2.26. The summed E-state index contributed by atoms with van der Waals surface area (Å²) in [6.45, 7) is 4.66. The third-order valence-electron chi connectivity index (χ3n) is 2.15. The minimum absolute atomic E-state index is 0.0631. The SMILES string of the molecule is CCCC(N)CO[PH](=O)OCC(N)CCC. The van der Waals surface area contributed by atoms with Crippen molar-refractivity contribution in [1.29, 1.82) is 0 Å². The summed E-state index contributed by atoms with van der Waals surface area (Å²) in [7, 11) is -2.43. The van der Waals surface area contributed by atoms with E-state index >= 15 is 0 Å². The molecule has 0 radical (unpaired) electrons. The van der Waals surface area contributed by atoms with E-state index in [0.717, 1.165) is 25.7 Å². The highest BCUT2D eigenvalue weighted by Gasteiger charge is 2.07. The molecular weight excluding hydrogens is 227 g/mol. The highest BCUT2D eigenvalue weighted by atomic mass is 31.1. The molecule has 0 bridgehead atoms. The van der Waals surface area contributed by atoms with Crippen LogP contribution in [0.25, 0.3) is 0 Å². The first-order valence-corrected chi connectivity index (χ1v) is 7.13. The van der Waals surface area contributed by atoms with E-state index in [0.29, 0.717) is 0 Å². The zero-order chi connectivity index (χ0) is 12.4. The standard InChI is InChI=1S/C10H25N2O3P/c1-3-5-9(11)7-14-16(13)15-8-10(12)6-4-2/h9-10,16H,3-8,11-12H2,1-2H3. The Bertz CT molecular complexity index is 175. The van der Waals surface area contributed by atoms with Gasteiger partial charge in [0.25, 0.3) is 0 Å². The molecule has 98 valence electrons. The molecule has 0 rings (SSSR count). The van der Waals surface area contributed by atoms with Crippen molar-refractivity contribution in [2.45, 2.75) is 51.6 Å². The van der Waals surface area contributed by atoms with Crippen molar-refractivity contribution in [3.05, 3.63) is 0 Å². The number of hydrogen-bond acceptors (Lipinski definition) is 5. The Morgan fingerprint density at radius 1 is 1.00 bits per heavy atom. The smallest absolute Gasteiger partial charge is 0.319 e. The summed E-state index contributed by atoms with van der Waals surface area (Å²) >= 11 is 0. The maximum atomic E-state index is 11.3. The second kappa shape index (κ2) is 10.2. The second-order valence-corrected chi connectivity index (χ2v) is 5.05. The van der Waals surface area contributed by atoms with E-state index in [-0.39, 0.29) is 25.3 Å². The normalized spacial score (nSPS) is 17.0. The third kappa shape index (κ3) is 9.31. The molecule has 0 saturated heterocycles. The van der Waals surface area contributed by atoms with Crippen LogP contribution < -0.4 is 11.5 Å². The molecule has 0 aromatic rings. The molecule has 5 nitrogen and oxygen atoms in total. The summed E-state index contributed by atoms with van der Waals surface area (Å²) in [5, 5.41) is 0. The summed E-state index contributed by atoms with van der Waals surface area (Å²) < 4.78 is 21.3. The van der Waals surface area contributed by atoms with Crippen molar-refractivity contribution in [1.82, 2.24) is 0 Å². The van der Waals surface area contributed by atoms with Gasteiger partial charge in [-0.3, -0.25) is 4.57 Å². The fourth-order valence-electron chi connectivity index (χ4n) is 1.30. The third-order valence-corrected chi connectivity index (χ3v) is 2.95. The molecule has 2 atom stereocenters. The van der Waals surface area contributed by atoms with Crippen LogP contribution in [0.5, 0.6) is 0 Å². The van der Waals surface area contributed by atoms with Gasteiger partial charge in [0.15, 0.2) is 0 Å². The first kappa shape index (κ1) is 16.1. The van der Waals surface area contributed by atoms with Crippen molar-refractivity contribution >= 4 is 8.25 Å². The topological polar surface area (TPSA) is 87.6 Å². The van der Waals surface area contributed by atoms with E-state index in [1.165, 1.54) is 0 Å². The fourth-order valence-corrected chi connectivity index (χ4v) is 2.08. The highest BCUT2D eigenvalue weighted by molar-refractivity contribution is 7.33. The van der Waals surface area contributed by atoms with Gasteiger partial charge in [-0.2, -0.15) is 0 Å². The molecular formula is C10H25N2O3P. The lowest BCUT2D eigenvalue weighted by atomic mass is 10.2. The average Bonchev–Trinajstić information content (AvgIpc) is 2.24. The van der Waals surface area contributed by atoms with Gasteiger partial charge >= 0.3 is 8.25 Å². The first-order chi connectivity index (χ1) is 7.60. The van der Waals surface area contributed by atoms with Gasteiger partial charge in [-0.05, 0) is 12.8 Å². The largest absolute Gasteiger partial charge is 0.326 e. The molecule has 0 heterocycles. The van der Waals surface area contributed by atoms with E-state index in [1.54, 1.807) is 0 Å². The van der Waals surface area contributed by atoms with E-state index in [1.807, 2.05) is 13.8 Å².